The Morgan fingerprint density at radius 2 is 2.00 bits per heavy atom. The van der Waals surface area contributed by atoms with Crippen LogP contribution in [0.5, 0.6) is 0 Å². The van der Waals surface area contributed by atoms with Crippen molar-refractivity contribution in [1.82, 2.24) is 5.32 Å². The lowest BCUT2D eigenvalue weighted by Crippen LogP contribution is -2.37. The fraction of sp³-hybridized carbons (Fsp3) is 0.385. The van der Waals surface area contributed by atoms with Crippen molar-refractivity contribution in [3.63, 3.8) is 0 Å². The van der Waals surface area contributed by atoms with E-state index in [9.17, 15) is 0 Å². The zero-order valence-electron chi connectivity index (χ0n) is 9.11. The molecule has 0 amide bonds. The maximum absolute atomic E-state index is 5.96. The summed E-state index contributed by atoms with van der Waals surface area (Å²) in [5.41, 5.74) is 7.85. The van der Waals surface area contributed by atoms with E-state index in [-0.39, 0.29) is 0 Å². The number of benzene rings is 1. The van der Waals surface area contributed by atoms with E-state index in [0.29, 0.717) is 6.04 Å². The normalized spacial score (nSPS) is 25.8. The molecule has 2 nitrogen and oxygen atoms in total. The molecule has 1 saturated carbocycles. The smallest absolute Gasteiger partial charge is 0.0547 e. The molecule has 0 heterocycles. The summed E-state index contributed by atoms with van der Waals surface area (Å²) in [6.45, 7) is 2.28. The van der Waals surface area contributed by atoms with E-state index in [2.05, 4.69) is 12.2 Å². The highest BCUT2D eigenvalue weighted by Gasteiger charge is 2.23. The van der Waals surface area contributed by atoms with Gasteiger partial charge >= 0.3 is 0 Å². The number of rotatable bonds is 3. The van der Waals surface area contributed by atoms with Gasteiger partial charge in [-0.1, -0.05) is 37.3 Å². The molecule has 3 N–H and O–H groups in total. The SMILES string of the molecule is CC1CC(N/C=C(\N)c2ccccc2)C1. The zero-order chi connectivity index (χ0) is 10.7. The lowest BCUT2D eigenvalue weighted by molar-refractivity contribution is 0.261. The molecule has 0 unspecified atom stereocenters. The average molecular weight is 202 g/mol. The Morgan fingerprint density at radius 1 is 1.33 bits per heavy atom. The molecule has 2 heteroatoms. The third kappa shape index (κ3) is 2.52. The van der Waals surface area contributed by atoms with Crippen LogP contribution in [0.1, 0.15) is 25.3 Å². The monoisotopic (exact) mass is 202 g/mol. The standard InChI is InChI=1S/C13H18N2/c1-10-7-12(8-10)15-9-13(14)11-5-3-2-4-6-11/h2-6,9-10,12,15H,7-8,14H2,1H3/b13-9-. The summed E-state index contributed by atoms with van der Waals surface area (Å²) in [5, 5.41) is 3.36. The topological polar surface area (TPSA) is 38.0 Å². The van der Waals surface area contributed by atoms with E-state index in [0.717, 1.165) is 17.2 Å². The molecule has 1 aromatic rings. The molecule has 80 valence electrons. The molecule has 0 radical (unpaired) electrons. The van der Waals surface area contributed by atoms with Crippen LogP contribution in [-0.4, -0.2) is 6.04 Å². The summed E-state index contributed by atoms with van der Waals surface area (Å²) >= 11 is 0. The Balaban J connectivity index is 1.90. The average Bonchev–Trinajstić information content (AvgIpc) is 2.23. The van der Waals surface area contributed by atoms with E-state index in [1.807, 2.05) is 36.5 Å². The van der Waals surface area contributed by atoms with Crippen molar-refractivity contribution in [1.29, 1.82) is 0 Å². The molecule has 1 aromatic carbocycles. The van der Waals surface area contributed by atoms with Crippen LogP contribution in [0.15, 0.2) is 36.5 Å². The van der Waals surface area contributed by atoms with Gasteiger partial charge in [0.15, 0.2) is 0 Å². The van der Waals surface area contributed by atoms with Gasteiger partial charge in [-0.2, -0.15) is 0 Å². The second-order valence-electron chi connectivity index (χ2n) is 4.41. The van der Waals surface area contributed by atoms with Crippen molar-refractivity contribution in [2.24, 2.45) is 11.7 Å². The summed E-state index contributed by atoms with van der Waals surface area (Å²) in [4.78, 5) is 0. The van der Waals surface area contributed by atoms with Crippen LogP contribution in [0.3, 0.4) is 0 Å². The minimum absolute atomic E-state index is 0.627. The van der Waals surface area contributed by atoms with Gasteiger partial charge in [0.2, 0.25) is 0 Å². The molecule has 0 aromatic heterocycles. The first-order chi connectivity index (χ1) is 7.25. The van der Waals surface area contributed by atoms with E-state index < -0.39 is 0 Å². The number of nitrogens with two attached hydrogens (primary N) is 1. The van der Waals surface area contributed by atoms with Gasteiger partial charge in [0.1, 0.15) is 0 Å². The van der Waals surface area contributed by atoms with Gasteiger partial charge in [0.25, 0.3) is 0 Å². The van der Waals surface area contributed by atoms with Gasteiger partial charge in [-0.25, -0.2) is 0 Å². The lowest BCUT2D eigenvalue weighted by Gasteiger charge is -2.32. The molecule has 0 saturated heterocycles. The minimum atomic E-state index is 0.627. The van der Waals surface area contributed by atoms with Gasteiger partial charge in [-0.05, 0) is 24.3 Å². The molecule has 0 atom stereocenters. The largest absolute Gasteiger partial charge is 0.397 e. The lowest BCUT2D eigenvalue weighted by atomic mass is 9.82. The Morgan fingerprint density at radius 3 is 2.60 bits per heavy atom. The van der Waals surface area contributed by atoms with E-state index in [1.54, 1.807) is 0 Å². The van der Waals surface area contributed by atoms with E-state index in [1.165, 1.54) is 12.8 Å². The van der Waals surface area contributed by atoms with Gasteiger partial charge in [-0.15, -0.1) is 0 Å². The summed E-state index contributed by atoms with van der Waals surface area (Å²) < 4.78 is 0. The van der Waals surface area contributed by atoms with Crippen molar-refractivity contribution < 1.29 is 0 Å². The highest BCUT2D eigenvalue weighted by molar-refractivity contribution is 5.61. The van der Waals surface area contributed by atoms with Crippen molar-refractivity contribution in [3.05, 3.63) is 42.1 Å². The van der Waals surface area contributed by atoms with Gasteiger partial charge in [-0.3, -0.25) is 0 Å². The molecule has 1 aliphatic rings. The molecule has 15 heavy (non-hydrogen) atoms. The highest BCUT2D eigenvalue weighted by atomic mass is 14.9. The third-order valence-electron chi connectivity index (χ3n) is 2.96. The maximum Gasteiger partial charge on any atom is 0.0547 e. The van der Waals surface area contributed by atoms with Crippen molar-refractivity contribution >= 4 is 5.70 Å². The van der Waals surface area contributed by atoms with Crippen molar-refractivity contribution in [2.45, 2.75) is 25.8 Å². The Labute approximate surface area is 91.2 Å². The second-order valence-corrected chi connectivity index (χ2v) is 4.41. The quantitative estimate of drug-likeness (QED) is 0.789. The fourth-order valence-electron chi connectivity index (χ4n) is 1.96. The van der Waals surface area contributed by atoms with E-state index >= 15 is 0 Å². The summed E-state index contributed by atoms with van der Waals surface area (Å²) in [5.74, 6) is 0.869. The maximum atomic E-state index is 5.96. The summed E-state index contributed by atoms with van der Waals surface area (Å²) in [6, 6.07) is 10.7. The van der Waals surface area contributed by atoms with Crippen LogP contribution >= 0.6 is 0 Å². The third-order valence-corrected chi connectivity index (χ3v) is 2.96. The first-order valence-corrected chi connectivity index (χ1v) is 5.53. The Bertz CT molecular complexity index is 337. The molecule has 0 aliphatic heterocycles. The van der Waals surface area contributed by atoms with E-state index in [4.69, 9.17) is 5.73 Å². The predicted octanol–water partition coefficient (Wildman–Crippen LogP) is 2.33. The van der Waals surface area contributed by atoms with Crippen molar-refractivity contribution in [3.8, 4) is 0 Å². The molecule has 1 aliphatic carbocycles. The molecule has 1 fully saturated rings. The summed E-state index contributed by atoms with van der Waals surface area (Å²) in [7, 11) is 0. The fourth-order valence-corrected chi connectivity index (χ4v) is 1.96. The first kappa shape index (κ1) is 10.1. The van der Waals surface area contributed by atoms with Crippen LogP contribution in [0, 0.1) is 5.92 Å². The molecular weight excluding hydrogens is 184 g/mol. The van der Waals surface area contributed by atoms with Gasteiger partial charge < -0.3 is 11.1 Å². The van der Waals surface area contributed by atoms with Gasteiger partial charge in [0.05, 0.1) is 5.70 Å². The van der Waals surface area contributed by atoms with Crippen LogP contribution < -0.4 is 11.1 Å². The Hall–Kier alpha value is -1.44. The van der Waals surface area contributed by atoms with Crippen LogP contribution in [0.2, 0.25) is 0 Å². The molecular formula is C13H18N2. The van der Waals surface area contributed by atoms with Crippen LogP contribution in [0.4, 0.5) is 0 Å². The number of hydrogen-bond acceptors (Lipinski definition) is 2. The number of nitrogens with one attached hydrogen (secondary N) is 1. The minimum Gasteiger partial charge on any atom is -0.397 e. The molecule has 0 spiro atoms. The van der Waals surface area contributed by atoms with Gasteiger partial charge in [0, 0.05) is 12.2 Å². The van der Waals surface area contributed by atoms with Crippen LogP contribution in [0.25, 0.3) is 5.70 Å². The molecule has 2 rings (SSSR count). The molecule has 0 bridgehead atoms. The zero-order valence-corrected chi connectivity index (χ0v) is 9.11. The summed E-state index contributed by atoms with van der Waals surface area (Å²) in [6.07, 6.45) is 4.46. The Kier molecular flexibility index (Phi) is 2.95. The predicted molar refractivity (Wildman–Crippen MR) is 63.9 cm³/mol. The number of hydrogen-bond donors (Lipinski definition) is 2. The second kappa shape index (κ2) is 4.39. The first-order valence-electron chi connectivity index (χ1n) is 5.53. The van der Waals surface area contributed by atoms with Crippen LogP contribution in [-0.2, 0) is 0 Å². The van der Waals surface area contributed by atoms with Crippen molar-refractivity contribution in [2.75, 3.05) is 0 Å². The highest BCUT2D eigenvalue weighted by Crippen LogP contribution is 2.26.